The molecule has 8 heteroatoms. The van der Waals surface area contributed by atoms with Crippen LogP contribution in [-0.4, -0.2) is 30.1 Å². The van der Waals surface area contributed by atoms with E-state index in [1.54, 1.807) is 6.20 Å². The van der Waals surface area contributed by atoms with Crippen molar-refractivity contribution in [2.75, 3.05) is 25.5 Å². The molecular weight excluding hydrogens is 487 g/mol. The first-order valence-electron chi connectivity index (χ1n) is 11.6. The fourth-order valence-corrected chi connectivity index (χ4v) is 4.34. The van der Waals surface area contributed by atoms with E-state index in [1.165, 1.54) is 19.2 Å². The number of halogens is 4. The van der Waals surface area contributed by atoms with Crippen LogP contribution in [0.5, 0.6) is 5.75 Å². The van der Waals surface area contributed by atoms with Crippen molar-refractivity contribution in [1.82, 2.24) is 9.88 Å². The van der Waals surface area contributed by atoms with Crippen molar-refractivity contribution in [2.45, 2.75) is 25.7 Å². The molecular formula is C28H27ClF3N3O. The van der Waals surface area contributed by atoms with Crippen LogP contribution < -0.4 is 10.1 Å². The molecule has 0 atom stereocenters. The van der Waals surface area contributed by atoms with E-state index < -0.39 is 11.7 Å². The highest BCUT2D eigenvalue weighted by Crippen LogP contribution is 2.33. The largest absolute Gasteiger partial charge is 0.496 e. The highest BCUT2D eigenvalue weighted by molar-refractivity contribution is 6.31. The summed E-state index contributed by atoms with van der Waals surface area (Å²) in [5, 5.41) is 5.07. The van der Waals surface area contributed by atoms with Crippen molar-refractivity contribution in [3.8, 4) is 5.75 Å². The average Bonchev–Trinajstić information content (AvgIpc) is 2.86. The number of rotatable bonds is 10. The third-order valence-corrected chi connectivity index (χ3v) is 6.16. The van der Waals surface area contributed by atoms with Crippen LogP contribution >= 0.6 is 11.6 Å². The molecule has 1 heterocycles. The van der Waals surface area contributed by atoms with E-state index in [0.717, 1.165) is 34.6 Å². The van der Waals surface area contributed by atoms with Gasteiger partial charge in [-0.3, -0.25) is 9.88 Å². The molecule has 0 radical (unpaired) electrons. The van der Waals surface area contributed by atoms with Gasteiger partial charge in [-0.2, -0.15) is 13.2 Å². The quantitative estimate of drug-likeness (QED) is 0.224. The van der Waals surface area contributed by atoms with Gasteiger partial charge in [-0.1, -0.05) is 41.9 Å². The van der Waals surface area contributed by atoms with E-state index in [1.807, 2.05) is 54.6 Å². The van der Waals surface area contributed by atoms with Crippen molar-refractivity contribution >= 4 is 28.2 Å². The second kappa shape index (κ2) is 11.6. The number of benzene rings is 3. The number of nitrogens with zero attached hydrogens (tertiary/aromatic N) is 2. The number of nitrogens with one attached hydrogen (secondary N) is 1. The lowest BCUT2D eigenvalue weighted by Crippen LogP contribution is -2.26. The zero-order valence-electron chi connectivity index (χ0n) is 19.9. The number of aromatic nitrogens is 1. The Bertz CT molecular complexity index is 1300. The number of fused-ring (bicyclic) bond motifs is 1. The topological polar surface area (TPSA) is 37.4 Å². The molecule has 0 saturated heterocycles. The minimum absolute atomic E-state index is 0.332. The smallest absolute Gasteiger partial charge is 0.416 e. The van der Waals surface area contributed by atoms with Crippen molar-refractivity contribution in [3.63, 3.8) is 0 Å². The molecule has 4 aromatic rings. The lowest BCUT2D eigenvalue weighted by molar-refractivity contribution is -0.137. The summed E-state index contributed by atoms with van der Waals surface area (Å²) < 4.78 is 45.4. The zero-order valence-corrected chi connectivity index (χ0v) is 20.6. The normalized spacial score (nSPS) is 11.7. The lowest BCUT2D eigenvalue weighted by Gasteiger charge is -2.24. The van der Waals surface area contributed by atoms with Gasteiger partial charge in [0.25, 0.3) is 0 Å². The minimum Gasteiger partial charge on any atom is -0.496 e. The van der Waals surface area contributed by atoms with Crippen LogP contribution in [0.2, 0.25) is 5.02 Å². The molecule has 0 aliphatic heterocycles. The molecule has 3 aromatic carbocycles. The number of anilines is 1. The Hall–Kier alpha value is -3.29. The van der Waals surface area contributed by atoms with E-state index in [-0.39, 0.29) is 0 Å². The summed E-state index contributed by atoms with van der Waals surface area (Å²) in [6.45, 7) is 2.30. The maximum Gasteiger partial charge on any atom is 0.416 e. The first-order chi connectivity index (χ1) is 17.3. The number of hydrogen-bond donors (Lipinski definition) is 1. The molecule has 36 heavy (non-hydrogen) atoms. The highest BCUT2D eigenvalue weighted by Gasteiger charge is 2.31. The van der Waals surface area contributed by atoms with Crippen LogP contribution in [-0.2, 0) is 19.3 Å². The van der Waals surface area contributed by atoms with Gasteiger partial charge in [-0.05, 0) is 54.4 Å². The summed E-state index contributed by atoms with van der Waals surface area (Å²) in [5.41, 5.74) is 2.70. The van der Waals surface area contributed by atoms with Crippen molar-refractivity contribution in [1.29, 1.82) is 0 Å². The van der Waals surface area contributed by atoms with Gasteiger partial charge in [-0.15, -0.1) is 0 Å². The highest BCUT2D eigenvalue weighted by atomic mass is 35.5. The zero-order chi connectivity index (χ0) is 25.5. The Labute approximate surface area is 213 Å². The number of alkyl halides is 3. The van der Waals surface area contributed by atoms with Gasteiger partial charge in [-0.25, -0.2) is 0 Å². The lowest BCUT2D eigenvalue weighted by atomic mass is 10.1. The summed E-state index contributed by atoms with van der Waals surface area (Å²) in [5.74, 6) is 0.445. The van der Waals surface area contributed by atoms with Crippen LogP contribution in [0.4, 0.5) is 18.9 Å². The Balaban J connectivity index is 1.47. The van der Waals surface area contributed by atoms with Gasteiger partial charge in [0, 0.05) is 54.0 Å². The summed E-state index contributed by atoms with van der Waals surface area (Å²) in [6, 6.07) is 21.0. The van der Waals surface area contributed by atoms with E-state index in [0.29, 0.717) is 42.5 Å². The van der Waals surface area contributed by atoms with Crippen LogP contribution in [0.25, 0.3) is 10.9 Å². The Morgan fingerprint density at radius 1 is 0.972 bits per heavy atom. The van der Waals surface area contributed by atoms with Crippen molar-refractivity contribution < 1.29 is 17.9 Å². The first-order valence-corrected chi connectivity index (χ1v) is 12.0. The molecule has 0 spiro atoms. The van der Waals surface area contributed by atoms with Crippen LogP contribution in [0.3, 0.4) is 0 Å². The van der Waals surface area contributed by atoms with Crippen LogP contribution in [0.15, 0.2) is 79.0 Å². The first kappa shape index (κ1) is 25.8. The third kappa shape index (κ3) is 6.68. The van der Waals surface area contributed by atoms with Crippen molar-refractivity contribution in [2.24, 2.45) is 0 Å². The fourth-order valence-electron chi connectivity index (χ4n) is 4.18. The molecule has 0 aliphatic carbocycles. The molecule has 0 saturated carbocycles. The Morgan fingerprint density at radius 2 is 1.78 bits per heavy atom. The summed E-state index contributed by atoms with van der Waals surface area (Å²) >= 11 is 6.08. The van der Waals surface area contributed by atoms with Gasteiger partial charge in [0.15, 0.2) is 0 Å². The molecule has 4 rings (SSSR count). The summed E-state index contributed by atoms with van der Waals surface area (Å²) in [6.07, 6.45) is -1.89. The third-order valence-electron chi connectivity index (χ3n) is 5.92. The Morgan fingerprint density at radius 3 is 2.53 bits per heavy atom. The van der Waals surface area contributed by atoms with E-state index in [4.69, 9.17) is 16.3 Å². The van der Waals surface area contributed by atoms with Gasteiger partial charge >= 0.3 is 6.18 Å². The number of methoxy groups -OCH3 is 1. The molecule has 0 fully saturated rings. The molecule has 0 unspecified atom stereocenters. The van der Waals surface area contributed by atoms with Crippen LogP contribution in [0, 0.1) is 0 Å². The molecule has 0 bridgehead atoms. The number of pyridine rings is 1. The monoisotopic (exact) mass is 513 g/mol. The Kier molecular flexibility index (Phi) is 8.33. The standard InChI is InChI=1S/C28H27ClF3N3O/c1-36-27-11-8-22(28(30,31)32)16-21(27)19-35(18-20-6-3-2-4-7-20)15-5-13-33-25-12-14-34-26-17-23(29)9-10-24(25)26/h2-4,6-12,14,16-17H,5,13,15,18-19H2,1H3,(H,33,34). The SMILES string of the molecule is COc1ccc(C(F)(F)F)cc1CN(CCCNc1ccnc2cc(Cl)ccc12)Cc1ccccc1. The second-order valence-corrected chi connectivity index (χ2v) is 8.96. The van der Waals surface area contributed by atoms with Gasteiger partial charge < -0.3 is 10.1 Å². The fraction of sp³-hybridized carbons (Fsp3) is 0.250. The van der Waals surface area contributed by atoms with Gasteiger partial charge in [0.1, 0.15) is 5.75 Å². The summed E-state index contributed by atoms with van der Waals surface area (Å²) in [4.78, 5) is 6.51. The van der Waals surface area contributed by atoms with E-state index >= 15 is 0 Å². The molecule has 0 amide bonds. The molecule has 0 aliphatic rings. The molecule has 4 nitrogen and oxygen atoms in total. The van der Waals surface area contributed by atoms with E-state index in [9.17, 15) is 13.2 Å². The predicted octanol–water partition coefficient (Wildman–Crippen LogP) is 7.42. The van der Waals surface area contributed by atoms with Gasteiger partial charge in [0.2, 0.25) is 0 Å². The maximum absolute atomic E-state index is 13.4. The van der Waals surface area contributed by atoms with Crippen molar-refractivity contribution in [3.05, 3.63) is 101 Å². The average molecular weight is 514 g/mol. The molecule has 188 valence electrons. The predicted molar refractivity (Wildman–Crippen MR) is 138 cm³/mol. The second-order valence-electron chi connectivity index (χ2n) is 8.52. The summed E-state index contributed by atoms with van der Waals surface area (Å²) in [7, 11) is 1.48. The maximum atomic E-state index is 13.4. The number of hydrogen-bond acceptors (Lipinski definition) is 4. The number of ether oxygens (including phenoxy) is 1. The van der Waals surface area contributed by atoms with Gasteiger partial charge in [0.05, 0.1) is 18.2 Å². The minimum atomic E-state index is -4.41. The van der Waals surface area contributed by atoms with E-state index in [2.05, 4.69) is 15.2 Å². The van der Waals surface area contributed by atoms with Crippen LogP contribution in [0.1, 0.15) is 23.1 Å². The molecule has 1 aromatic heterocycles. The molecule has 1 N–H and O–H groups in total.